The molecule has 1 fully saturated rings. The van der Waals surface area contributed by atoms with Crippen molar-refractivity contribution >= 4 is 21.4 Å². The van der Waals surface area contributed by atoms with Crippen LogP contribution in [0.4, 0.5) is 0 Å². The largest absolute Gasteiger partial charge is 0.296 e. The summed E-state index contributed by atoms with van der Waals surface area (Å²) in [4.78, 5) is 6.40. The summed E-state index contributed by atoms with van der Waals surface area (Å²) in [5.41, 5.74) is 1.12. The Kier molecular flexibility index (Phi) is 5.02. The van der Waals surface area contributed by atoms with E-state index < -0.39 is 10.0 Å². The van der Waals surface area contributed by atoms with E-state index in [2.05, 4.69) is 42.0 Å². The van der Waals surface area contributed by atoms with Crippen LogP contribution in [0.3, 0.4) is 0 Å². The molecule has 2 aromatic heterocycles. The predicted molar refractivity (Wildman–Crippen MR) is 98.1 cm³/mol. The zero-order valence-corrected chi connectivity index (χ0v) is 16.8. The molecule has 25 heavy (non-hydrogen) atoms. The first-order valence-electron chi connectivity index (χ1n) is 8.35. The van der Waals surface area contributed by atoms with Gasteiger partial charge in [0.1, 0.15) is 0 Å². The van der Waals surface area contributed by atoms with Crippen LogP contribution < -0.4 is 0 Å². The van der Waals surface area contributed by atoms with E-state index in [-0.39, 0.29) is 10.6 Å². The lowest BCUT2D eigenvalue weighted by molar-refractivity contribution is 0.181. The van der Waals surface area contributed by atoms with Crippen molar-refractivity contribution in [2.45, 2.75) is 44.8 Å². The molecule has 138 valence electrons. The van der Waals surface area contributed by atoms with Gasteiger partial charge in [0.25, 0.3) is 10.0 Å². The Morgan fingerprint density at radius 2 is 1.88 bits per heavy atom. The maximum absolute atomic E-state index is 12.6. The first-order chi connectivity index (χ1) is 11.7. The number of hydrogen-bond donors (Lipinski definition) is 0. The van der Waals surface area contributed by atoms with E-state index >= 15 is 0 Å². The molecule has 0 amide bonds. The average Bonchev–Trinajstić information content (AvgIpc) is 3.17. The lowest BCUT2D eigenvalue weighted by Gasteiger charge is -2.33. The molecule has 0 unspecified atom stereocenters. The molecule has 3 rings (SSSR count). The molecule has 3 heterocycles. The van der Waals surface area contributed by atoms with Crippen LogP contribution in [-0.2, 0) is 22.1 Å². The van der Waals surface area contributed by atoms with Gasteiger partial charge in [-0.15, -0.1) is 11.3 Å². The van der Waals surface area contributed by atoms with Gasteiger partial charge in [0.2, 0.25) is 0 Å². The van der Waals surface area contributed by atoms with Crippen LogP contribution in [0.15, 0.2) is 22.8 Å². The number of aromatic nitrogens is 3. The quantitative estimate of drug-likeness (QED) is 0.806. The number of hydrogen-bond acceptors (Lipinski definition) is 6. The van der Waals surface area contributed by atoms with Crippen LogP contribution in [0.2, 0.25) is 0 Å². The van der Waals surface area contributed by atoms with Crippen LogP contribution in [-0.4, -0.2) is 58.6 Å². The lowest BCUT2D eigenvalue weighted by Crippen LogP contribution is -2.48. The minimum absolute atomic E-state index is 0.0311. The van der Waals surface area contributed by atoms with E-state index in [9.17, 15) is 8.42 Å². The molecular weight excluding hydrogens is 358 g/mol. The Balaban J connectivity index is 1.59. The van der Waals surface area contributed by atoms with Gasteiger partial charge < -0.3 is 0 Å². The molecular formula is C16H25N5O2S2. The molecule has 0 bridgehead atoms. The maximum atomic E-state index is 12.6. The molecule has 7 nitrogen and oxygen atoms in total. The Morgan fingerprint density at radius 1 is 1.20 bits per heavy atom. The summed E-state index contributed by atoms with van der Waals surface area (Å²) in [7, 11) is -3.46. The Morgan fingerprint density at radius 3 is 2.40 bits per heavy atom. The molecule has 0 aliphatic carbocycles. The van der Waals surface area contributed by atoms with Gasteiger partial charge in [0.05, 0.1) is 16.7 Å². The minimum Gasteiger partial charge on any atom is -0.296 e. The van der Waals surface area contributed by atoms with Gasteiger partial charge in [-0.25, -0.2) is 13.4 Å². The summed E-state index contributed by atoms with van der Waals surface area (Å²) in [6, 6.07) is 0. The SMILES string of the molecule is Cc1nc(S(=O)(=O)N2CCN(Cc3cnn(C(C)(C)C)c3)CC2)cs1. The number of nitrogens with zero attached hydrogens (tertiary/aromatic N) is 5. The van der Waals surface area contributed by atoms with Crippen molar-refractivity contribution in [3.63, 3.8) is 0 Å². The van der Waals surface area contributed by atoms with Crippen molar-refractivity contribution in [2.24, 2.45) is 0 Å². The number of aryl methyl sites for hydroxylation is 1. The molecule has 1 aliphatic rings. The van der Waals surface area contributed by atoms with Crippen molar-refractivity contribution in [2.75, 3.05) is 26.2 Å². The highest BCUT2D eigenvalue weighted by Gasteiger charge is 2.30. The van der Waals surface area contributed by atoms with E-state index in [4.69, 9.17) is 0 Å². The van der Waals surface area contributed by atoms with Crippen LogP contribution in [0.5, 0.6) is 0 Å². The normalized spacial score (nSPS) is 17.9. The Hall–Kier alpha value is -1.29. The molecule has 0 aromatic carbocycles. The molecule has 1 saturated heterocycles. The maximum Gasteiger partial charge on any atom is 0.261 e. The van der Waals surface area contributed by atoms with Gasteiger partial charge in [-0.2, -0.15) is 9.40 Å². The number of piperazine rings is 1. The van der Waals surface area contributed by atoms with E-state index in [1.807, 2.05) is 17.8 Å². The summed E-state index contributed by atoms with van der Waals surface area (Å²) in [5, 5.41) is 7.00. The fourth-order valence-corrected chi connectivity index (χ4v) is 5.11. The van der Waals surface area contributed by atoms with Crippen LogP contribution in [0.1, 0.15) is 31.3 Å². The van der Waals surface area contributed by atoms with Crippen molar-refractivity contribution in [1.29, 1.82) is 0 Å². The van der Waals surface area contributed by atoms with Gasteiger partial charge in [0, 0.05) is 49.9 Å². The molecule has 0 saturated carbocycles. The minimum atomic E-state index is -3.46. The summed E-state index contributed by atoms with van der Waals surface area (Å²) in [5.74, 6) is 0. The van der Waals surface area contributed by atoms with Gasteiger partial charge in [-0.1, -0.05) is 0 Å². The van der Waals surface area contributed by atoms with Crippen molar-refractivity contribution < 1.29 is 8.42 Å². The lowest BCUT2D eigenvalue weighted by atomic mass is 10.1. The van der Waals surface area contributed by atoms with Crippen molar-refractivity contribution in [3.05, 3.63) is 28.3 Å². The van der Waals surface area contributed by atoms with E-state index in [0.29, 0.717) is 26.2 Å². The highest BCUT2D eigenvalue weighted by Crippen LogP contribution is 2.20. The van der Waals surface area contributed by atoms with Crippen molar-refractivity contribution in [3.8, 4) is 0 Å². The second kappa shape index (κ2) is 6.79. The fraction of sp³-hybridized carbons (Fsp3) is 0.625. The fourth-order valence-electron chi connectivity index (χ4n) is 2.79. The van der Waals surface area contributed by atoms with E-state index in [1.54, 1.807) is 5.38 Å². The summed E-state index contributed by atoms with van der Waals surface area (Å²) in [6.07, 6.45) is 3.97. The van der Waals surface area contributed by atoms with E-state index in [1.165, 1.54) is 15.6 Å². The third kappa shape index (κ3) is 4.11. The Bertz CT molecular complexity index is 827. The van der Waals surface area contributed by atoms with Crippen LogP contribution >= 0.6 is 11.3 Å². The van der Waals surface area contributed by atoms with Gasteiger partial charge in [0.15, 0.2) is 5.03 Å². The topological polar surface area (TPSA) is 71.3 Å². The third-order valence-electron chi connectivity index (χ3n) is 4.26. The van der Waals surface area contributed by atoms with Gasteiger partial charge >= 0.3 is 0 Å². The highest BCUT2D eigenvalue weighted by atomic mass is 32.2. The van der Waals surface area contributed by atoms with Crippen molar-refractivity contribution in [1.82, 2.24) is 24.0 Å². The average molecular weight is 384 g/mol. The third-order valence-corrected chi connectivity index (χ3v) is 6.97. The first kappa shape index (κ1) is 18.5. The number of thiazole rings is 1. The predicted octanol–water partition coefficient (Wildman–Crippen LogP) is 1.91. The molecule has 1 aliphatic heterocycles. The Labute approximate surface area is 153 Å². The van der Waals surface area contributed by atoms with Crippen LogP contribution in [0, 0.1) is 6.92 Å². The molecule has 2 aromatic rings. The second-order valence-corrected chi connectivity index (χ2v) is 10.3. The summed E-state index contributed by atoms with van der Waals surface area (Å²) < 4.78 is 28.7. The standard InChI is InChI=1S/C16H25N5O2S2/c1-13-18-15(12-24-13)25(22,23)20-7-5-19(6-8-20)10-14-9-17-21(11-14)16(2,3)4/h9,11-12H,5-8,10H2,1-4H3. The zero-order valence-electron chi connectivity index (χ0n) is 15.1. The summed E-state index contributed by atoms with van der Waals surface area (Å²) >= 11 is 1.37. The van der Waals surface area contributed by atoms with Gasteiger partial charge in [-0.3, -0.25) is 9.58 Å². The smallest absolute Gasteiger partial charge is 0.261 e. The summed E-state index contributed by atoms with van der Waals surface area (Å²) in [6.45, 7) is 11.4. The highest BCUT2D eigenvalue weighted by molar-refractivity contribution is 7.89. The second-order valence-electron chi connectivity index (χ2n) is 7.35. The van der Waals surface area contributed by atoms with Crippen LogP contribution in [0.25, 0.3) is 0 Å². The molecule has 9 heteroatoms. The molecule has 0 atom stereocenters. The number of rotatable bonds is 4. The molecule has 0 radical (unpaired) electrons. The molecule has 0 spiro atoms. The zero-order chi connectivity index (χ0) is 18.2. The first-order valence-corrected chi connectivity index (χ1v) is 10.7. The van der Waals surface area contributed by atoms with E-state index in [0.717, 1.165) is 17.1 Å². The molecule has 0 N–H and O–H groups in total. The monoisotopic (exact) mass is 383 g/mol. The number of sulfonamides is 1. The van der Waals surface area contributed by atoms with Gasteiger partial charge in [-0.05, 0) is 27.7 Å².